The Bertz CT molecular complexity index is 448. The summed E-state index contributed by atoms with van der Waals surface area (Å²) in [7, 11) is 0. The molecular weight excluding hydrogens is 240 g/mol. The third kappa shape index (κ3) is 3.93. The molecule has 0 N–H and O–H groups in total. The topological polar surface area (TPSA) is 35.5 Å². The van der Waals surface area contributed by atoms with E-state index >= 15 is 0 Å². The number of rotatable bonds is 4. The molecule has 0 aliphatic carbocycles. The first-order valence-corrected chi connectivity index (χ1v) is 6.73. The maximum atomic E-state index is 11.5. The van der Waals surface area contributed by atoms with Crippen LogP contribution >= 0.6 is 0 Å². The van der Waals surface area contributed by atoms with E-state index in [-0.39, 0.29) is 24.6 Å². The van der Waals surface area contributed by atoms with Crippen LogP contribution in [-0.2, 0) is 14.3 Å². The van der Waals surface area contributed by atoms with Gasteiger partial charge >= 0.3 is 5.97 Å². The molecule has 1 aliphatic heterocycles. The van der Waals surface area contributed by atoms with Crippen LogP contribution in [0.1, 0.15) is 37.0 Å². The quantitative estimate of drug-likeness (QED) is 0.615. The lowest BCUT2D eigenvalue weighted by atomic mass is 10.0. The molecule has 1 heterocycles. The molecule has 1 aromatic rings. The highest BCUT2D eigenvalue weighted by molar-refractivity contribution is 5.70. The van der Waals surface area contributed by atoms with Gasteiger partial charge in [-0.05, 0) is 25.8 Å². The average molecular weight is 260 g/mol. The number of carbonyl (C=O) groups is 1. The fourth-order valence-corrected chi connectivity index (χ4v) is 2.16. The molecule has 0 radical (unpaired) electrons. The number of benzene rings is 1. The fraction of sp³-hybridized carbons (Fsp3) is 0.438. The highest BCUT2D eigenvalue weighted by atomic mass is 16.5. The molecule has 0 spiro atoms. The Morgan fingerprint density at radius 2 is 2.11 bits per heavy atom. The molecule has 0 saturated heterocycles. The number of carbonyl (C=O) groups excluding carboxylic acids is 1. The van der Waals surface area contributed by atoms with Gasteiger partial charge in [-0.2, -0.15) is 0 Å². The molecule has 0 fully saturated rings. The predicted octanol–water partition coefficient (Wildman–Crippen LogP) is 3.33. The monoisotopic (exact) mass is 260 g/mol. The Hall–Kier alpha value is -1.61. The van der Waals surface area contributed by atoms with Gasteiger partial charge in [-0.1, -0.05) is 42.0 Å². The van der Waals surface area contributed by atoms with Crippen molar-refractivity contribution in [2.75, 3.05) is 6.61 Å². The van der Waals surface area contributed by atoms with Crippen LogP contribution in [-0.4, -0.2) is 18.7 Å². The zero-order valence-corrected chi connectivity index (χ0v) is 11.5. The minimum Gasteiger partial charge on any atom is -0.466 e. The number of aryl methyl sites for hydroxylation is 1. The molecule has 3 nitrogen and oxygen atoms in total. The van der Waals surface area contributed by atoms with Crippen LogP contribution in [0.15, 0.2) is 36.4 Å². The zero-order valence-electron chi connectivity index (χ0n) is 11.5. The van der Waals surface area contributed by atoms with Crippen LogP contribution < -0.4 is 0 Å². The van der Waals surface area contributed by atoms with Crippen LogP contribution in [0.25, 0.3) is 0 Å². The lowest BCUT2D eigenvalue weighted by Crippen LogP contribution is -2.22. The molecule has 0 unspecified atom stereocenters. The lowest BCUT2D eigenvalue weighted by molar-refractivity contribution is -0.146. The van der Waals surface area contributed by atoms with Crippen molar-refractivity contribution < 1.29 is 14.3 Å². The molecule has 0 aromatic heterocycles. The van der Waals surface area contributed by atoms with E-state index in [1.807, 2.05) is 13.0 Å². The Morgan fingerprint density at radius 3 is 2.79 bits per heavy atom. The number of esters is 1. The summed E-state index contributed by atoms with van der Waals surface area (Å²) in [6, 6.07) is 8.33. The van der Waals surface area contributed by atoms with Crippen LogP contribution in [0.2, 0.25) is 0 Å². The Kier molecular flexibility index (Phi) is 4.74. The van der Waals surface area contributed by atoms with E-state index in [1.165, 1.54) is 5.56 Å². The summed E-state index contributed by atoms with van der Waals surface area (Å²) in [6.07, 6.45) is 5.01. The lowest BCUT2D eigenvalue weighted by Gasteiger charge is -2.26. The Morgan fingerprint density at radius 1 is 1.37 bits per heavy atom. The van der Waals surface area contributed by atoms with E-state index in [0.29, 0.717) is 6.61 Å². The molecule has 0 saturated carbocycles. The number of hydrogen-bond donors (Lipinski definition) is 0. The van der Waals surface area contributed by atoms with Crippen LogP contribution in [0.5, 0.6) is 0 Å². The smallest absolute Gasteiger partial charge is 0.308 e. The van der Waals surface area contributed by atoms with Gasteiger partial charge < -0.3 is 9.47 Å². The van der Waals surface area contributed by atoms with Gasteiger partial charge in [0.15, 0.2) is 0 Å². The van der Waals surface area contributed by atoms with Crippen molar-refractivity contribution in [2.24, 2.45) is 0 Å². The van der Waals surface area contributed by atoms with Gasteiger partial charge in [-0.25, -0.2) is 0 Å². The highest BCUT2D eigenvalue weighted by Gasteiger charge is 2.22. The van der Waals surface area contributed by atoms with Gasteiger partial charge in [-0.3, -0.25) is 4.79 Å². The molecule has 0 bridgehead atoms. The maximum absolute atomic E-state index is 11.5. The first-order chi connectivity index (χ1) is 9.19. The second kappa shape index (κ2) is 6.53. The van der Waals surface area contributed by atoms with Gasteiger partial charge in [-0.15, -0.1) is 0 Å². The van der Waals surface area contributed by atoms with E-state index in [4.69, 9.17) is 9.47 Å². The van der Waals surface area contributed by atoms with Crippen molar-refractivity contribution in [3.8, 4) is 0 Å². The van der Waals surface area contributed by atoms with Crippen molar-refractivity contribution in [1.29, 1.82) is 0 Å². The number of hydrogen-bond acceptors (Lipinski definition) is 3. The van der Waals surface area contributed by atoms with Crippen LogP contribution in [0.3, 0.4) is 0 Å². The molecule has 1 aliphatic rings. The Balaban J connectivity index is 1.97. The summed E-state index contributed by atoms with van der Waals surface area (Å²) in [5.74, 6) is -0.207. The van der Waals surface area contributed by atoms with Gasteiger partial charge in [0.2, 0.25) is 0 Å². The summed E-state index contributed by atoms with van der Waals surface area (Å²) >= 11 is 0. The van der Waals surface area contributed by atoms with Crippen molar-refractivity contribution in [2.45, 2.75) is 38.9 Å². The van der Waals surface area contributed by atoms with Crippen molar-refractivity contribution in [3.63, 3.8) is 0 Å². The minimum atomic E-state index is -0.207. The van der Waals surface area contributed by atoms with E-state index in [9.17, 15) is 4.79 Å². The fourth-order valence-electron chi connectivity index (χ4n) is 2.16. The van der Waals surface area contributed by atoms with Crippen molar-refractivity contribution >= 4 is 5.97 Å². The summed E-state index contributed by atoms with van der Waals surface area (Å²) < 4.78 is 10.9. The van der Waals surface area contributed by atoms with E-state index in [2.05, 4.69) is 37.3 Å². The third-order valence-corrected chi connectivity index (χ3v) is 3.16. The van der Waals surface area contributed by atoms with Gasteiger partial charge in [0, 0.05) is 0 Å². The predicted molar refractivity (Wildman–Crippen MR) is 73.8 cm³/mol. The third-order valence-electron chi connectivity index (χ3n) is 3.16. The normalized spacial score (nSPS) is 22.2. The number of ether oxygens (including phenoxy) is 2. The van der Waals surface area contributed by atoms with Gasteiger partial charge in [0.1, 0.15) is 0 Å². The largest absolute Gasteiger partial charge is 0.466 e. The van der Waals surface area contributed by atoms with E-state index in [1.54, 1.807) is 0 Å². The molecule has 2 atom stereocenters. The first-order valence-electron chi connectivity index (χ1n) is 6.73. The summed E-state index contributed by atoms with van der Waals surface area (Å²) in [5.41, 5.74) is 2.39. The summed E-state index contributed by atoms with van der Waals surface area (Å²) in [6.45, 7) is 4.29. The van der Waals surface area contributed by atoms with Crippen LogP contribution in [0.4, 0.5) is 0 Å². The first kappa shape index (κ1) is 13.8. The second-order valence-corrected chi connectivity index (χ2v) is 4.75. The molecule has 1 aromatic carbocycles. The molecule has 19 heavy (non-hydrogen) atoms. The van der Waals surface area contributed by atoms with Gasteiger partial charge in [0.25, 0.3) is 0 Å². The standard InChI is InChI=1S/C16H20O3/c1-3-18-16(17)11-14-5-4-6-15(19-14)13-9-7-12(2)8-10-13/h4-5,7-10,14-15H,3,6,11H2,1-2H3/t14-,15+/m0/s1. The zero-order chi connectivity index (χ0) is 13.7. The molecule has 102 valence electrons. The minimum absolute atomic E-state index is 0.0324. The SMILES string of the molecule is CCOC(=O)C[C@@H]1C=CC[C@H](c2ccc(C)cc2)O1. The molecule has 3 heteroatoms. The maximum Gasteiger partial charge on any atom is 0.308 e. The molecule has 0 amide bonds. The van der Waals surface area contributed by atoms with Crippen molar-refractivity contribution in [1.82, 2.24) is 0 Å². The molecular formula is C16H20O3. The summed E-state index contributed by atoms with van der Waals surface area (Å²) in [4.78, 5) is 11.5. The average Bonchev–Trinajstić information content (AvgIpc) is 2.40. The van der Waals surface area contributed by atoms with Gasteiger partial charge in [0.05, 0.1) is 25.2 Å². The van der Waals surface area contributed by atoms with E-state index < -0.39 is 0 Å². The van der Waals surface area contributed by atoms with Crippen molar-refractivity contribution in [3.05, 3.63) is 47.5 Å². The Labute approximate surface area is 114 Å². The van der Waals surface area contributed by atoms with Crippen LogP contribution in [0, 0.1) is 6.92 Å². The highest BCUT2D eigenvalue weighted by Crippen LogP contribution is 2.28. The summed E-state index contributed by atoms with van der Waals surface area (Å²) in [5, 5.41) is 0. The second-order valence-electron chi connectivity index (χ2n) is 4.75. The molecule has 2 rings (SSSR count). The van der Waals surface area contributed by atoms with E-state index in [0.717, 1.165) is 12.0 Å².